The third-order valence-electron chi connectivity index (χ3n) is 5.72. The third-order valence-corrected chi connectivity index (χ3v) is 5.72. The van der Waals surface area contributed by atoms with Crippen LogP contribution in [0, 0.1) is 18.3 Å². The Labute approximate surface area is 150 Å². The van der Waals surface area contributed by atoms with Gasteiger partial charge in [0, 0.05) is 31.0 Å². The van der Waals surface area contributed by atoms with E-state index in [1.807, 2.05) is 19.1 Å². The Kier molecular flexibility index (Phi) is 4.86. The van der Waals surface area contributed by atoms with Gasteiger partial charge in [0.05, 0.1) is 12.6 Å². The first kappa shape index (κ1) is 18.3. The molecule has 2 aliphatic rings. The van der Waals surface area contributed by atoms with Crippen molar-refractivity contribution in [1.82, 2.24) is 10.6 Å². The van der Waals surface area contributed by atoms with Gasteiger partial charge in [0.1, 0.15) is 17.1 Å². The number of nitrogens with one attached hydrogen (secondary N) is 2. The fourth-order valence-corrected chi connectivity index (χ4v) is 4.22. The molecule has 0 aromatic carbocycles. The van der Waals surface area contributed by atoms with Crippen LogP contribution in [0.1, 0.15) is 45.1 Å². The monoisotopic (exact) mass is 349 g/mol. The Morgan fingerprint density at radius 1 is 1.44 bits per heavy atom. The van der Waals surface area contributed by atoms with Crippen molar-refractivity contribution in [3.8, 4) is 0 Å². The molecule has 6 nitrogen and oxygen atoms in total. The summed E-state index contributed by atoms with van der Waals surface area (Å²) in [4.78, 5) is 4.33. The summed E-state index contributed by atoms with van der Waals surface area (Å²) < 4.78 is 11.5. The van der Waals surface area contributed by atoms with Gasteiger partial charge in [-0.2, -0.15) is 0 Å². The predicted molar refractivity (Wildman–Crippen MR) is 97.5 cm³/mol. The van der Waals surface area contributed by atoms with Crippen molar-refractivity contribution in [2.45, 2.75) is 58.3 Å². The summed E-state index contributed by atoms with van der Waals surface area (Å²) in [6.07, 6.45) is 2.63. The summed E-state index contributed by atoms with van der Waals surface area (Å²) in [5.74, 6) is 2.57. The standard InChI is InChI=1S/C19H31N3O3/c1-12-8-9-14(25-12)19(4,23)11-21-17(20-5)22-15-13-7-6-10-24-16(13)18(15,2)3/h8-9,13,15-16,23H,6-7,10-11H2,1-5H3,(H2,20,21,22). The molecule has 0 amide bonds. The molecule has 25 heavy (non-hydrogen) atoms. The van der Waals surface area contributed by atoms with E-state index in [-0.39, 0.29) is 5.41 Å². The van der Waals surface area contributed by atoms with E-state index in [0.29, 0.717) is 36.3 Å². The number of aryl methyl sites for hydroxylation is 1. The maximum Gasteiger partial charge on any atom is 0.191 e. The minimum Gasteiger partial charge on any atom is -0.463 e. The van der Waals surface area contributed by atoms with Gasteiger partial charge in [-0.1, -0.05) is 13.8 Å². The fraction of sp³-hybridized carbons (Fsp3) is 0.737. The number of hydrogen-bond acceptors (Lipinski definition) is 4. The first-order valence-electron chi connectivity index (χ1n) is 9.14. The van der Waals surface area contributed by atoms with Crippen LogP contribution in [0.2, 0.25) is 0 Å². The van der Waals surface area contributed by atoms with Gasteiger partial charge in [-0.25, -0.2) is 0 Å². The molecular weight excluding hydrogens is 318 g/mol. The lowest BCUT2D eigenvalue weighted by molar-refractivity contribution is -0.188. The van der Waals surface area contributed by atoms with Crippen molar-refractivity contribution in [1.29, 1.82) is 0 Å². The van der Waals surface area contributed by atoms with E-state index in [9.17, 15) is 5.11 Å². The van der Waals surface area contributed by atoms with Crippen molar-refractivity contribution < 1.29 is 14.3 Å². The Morgan fingerprint density at radius 2 is 2.20 bits per heavy atom. The van der Waals surface area contributed by atoms with Gasteiger partial charge in [-0.3, -0.25) is 4.99 Å². The second-order valence-electron chi connectivity index (χ2n) is 8.15. The van der Waals surface area contributed by atoms with Crippen LogP contribution in [-0.4, -0.2) is 43.4 Å². The zero-order valence-corrected chi connectivity index (χ0v) is 15.9. The second kappa shape index (κ2) is 6.65. The molecule has 3 rings (SSSR count). The molecular formula is C19H31N3O3. The summed E-state index contributed by atoms with van der Waals surface area (Å²) in [5.41, 5.74) is -1.03. The summed E-state index contributed by atoms with van der Waals surface area (Å²) in [6.45, 7) is 9.28. The maximum absolute atomic E-state index is 10.7. The van der Waals surface area contributed by atoms with Crippen molar-refractivity contribution >= 4 is 5.96 Å². The van der Waals surface area contributed by atoms with Crippen molar-refractivity contribution in [2.75, 3.05) is 20.2 Å². The van der Waals surface area contributed by atoms with E-state index in [1.165, 1.54) is 6.42 Å². The minimum atomic E-state index is -1.10. The Hall–Kier alpha value is -1.53. The van der Waals surface area contributed by atoms with Gasteiger partial charge in [0.2, 0.25) is 0 Å². The number of aliphatic imine (C=N–C) groups is 1. The topological polar surface area (TPSA) is 79.0 Å². The number of rotatable bonds is 4. The van der Waals surface area contributed by atoms with E-state index in [1.54, 1.807) is 14.0 Å². The molecule has 0 radical (unpaired) electrons. The van der Waals surface area contributed by atoms with Gasteiger partial charge in [0.25, 0.3) is 0 Å². The molecule has 2 fully saturated rings. The summed E-state index contributed by atoms with van der Waals surface area (Å²) >= 11 is 0. The van der Waals surface area contributed by atoms with Crippen LogP contribution >= 0.6 is 0 Å². The summed E-state index contributed by atoms with van der Waals surface area (Å²) in [7, 11) is 1.75. The summed E-state index contributed by atoms with van der Waals surface area (Å²) in [5, 5.41) is 17.5. The number of aliphatic hydroxyl groups is 1. The largest absolute Gasteiger partial charge is 0.463 e. The first-order valence-corrected chi connectivity index (χ1v) is 9.14. The quantitative estimate of drug-likeness (QED) is 0.573. The second-order valence-corrected chi connectivity index (χ2v) is 8.15. The number of furan rings is 1. The summed E-state index contributed by atoms with van der Waals surface area (Å²) in [6, 6.07) is 3.99. The van der Waals surface area contributed by atoms with Crippen LogP contribution in [0.15, 0.2) is 21.5 Å². The van der Waals surface area contributed by atoms with Crippen LogP contribution in [-0.2, 0) is 10.3 Å². The molecule has 4 atom stereocenters. The molecule has 3 N–H and O–H groups in total. The Bertz CT molecular complexity index is 636. The highest BCUT2D eigenvalue weighted by molar-refractivity contribution is 5.80. The lowest BCUT2D eigenvalue weighted by atomic mass is 9.55. The van der Waals surface area contributed by atoms with E-state index < -0.39 is 5.60 Å². The number of fused-ring (bicyclic) bond motifs is 1. The molecule has 140 valence electrons. The lowest BCUT2D eigenvalue weighted by Gasteiger charge is -2.60. The van der Waals surface area contributed by atoms with Crippen LogP contribution in [0.5, 0.6) is 0 Å². The maximum atomic E-state index is 10.7. The average Bonchev–Trinajstić information content (AvgIpc) is 3.02. The Balaban J connectivity index is 1.60. The molecule has 1 aliphatic carbocycles. The molecule has 1 aliphatic heterocycles. The number of ether oxygens (including phenoxy) is 1. The molecule has 1 saturated heterocycles. The first-order chi connectivity index (χ1) is 11.8. The highest BCUT2D eigenvalue weighted by atomic mass is 16.5. The molecule has 2 heterocycles. The van der Waals surface area contributed by atoms with E-state index >= 15 is 0 Å². The van der Waals surface area contributed by atoms with E-state index in [2.05, 4.69) is 29.5 Å². The van der Waals surface area contributed by atoms with Crippen molar-refractivity contribution in [3.63, 3.8) is 0 Å². The van der Waals surface area contributed by atoms with Crippen LogP contribution < -0.4 is 10.6 Å². The predicted octanol–water partition coefficient (Wildman–Crippen LogP) is 2.16. The average molecular weight is 349 g/mol. The van der Waals surface area contributed by atoms with Gasteiger partial charge >= 0.3 is 0 Å². The highest BCUT2D eigenvalue weighted by Crippen LogP contribution is 2.51. The normalized spacial score (nSPS) is 30.8. The van der Waals surface area contributed by atoms with Gasteiger partial charge in [-0.15, -0.1) is 0 Å². The molecule has 1 saturated carbocycles. The molecule has 6 heteroatoms. The Morgan fingerprint density at radius 3 is 2.84 bits per heavy atom. The van der Waals surface area contributed by atoms with Crippen molar-refractivity contribution in [2.24, 2.45) is 16.3 Å². The molecule has 0 spiro atoms. The van der Waals surface area contributed by atoms with E-state index in [0.717, 1.165) is 18.8 Å². The van der Waals surface area contributed by atoms with Gasteiger partial charge in [0.15, 0.2) is 5.96 Å². The van der Waals surface area contributed by atoms with Gasteiger partial charge < -0.3 is 24.9 Å². The van der Waals surface area contributed by atoms with Gasteiger partial charge in [-0.05, 0) is 38.8 Å². The lowest BCUT2D eigenvalue weighted by Crippen LogP contribution is -2.71. The highest BCUT2D eigenvalue weighted by Gasteiger charge is 2.58. The molecule has 1 aromatic heterocycles. The SMILES string of the molecule is CN=C(NCC(C)(O)c1ccc(C)o1)NC1C2CCCOC2C1(C)C. The number of guanidine groups is 1. The minimum absolute atomic E-state index is 0.0728. The molecule has 4 unspecified atom stereocenters. The van der Waals surface area contributed by atoms with Crippen LogP contribution in [0.4, 0.5) is 0 Å². The van der Waals surface area contributed by atoms with Crippen LogP contribution in [0.25, 0.3) is 0 Å². The number of hydrogen-bond donors (Lipinski definition) is 3. The smallest absolute Gasteiger partial charge is 0.191 e. The number of nitrogens with zero attached hydrogens (tertiary/aromatic N) is 1. The van der Waals surface area contributed by atoms with E-state index in [4.69, 9.17) is 9.15 Å². The fourth-order valence-electron chi connectivity index (χ4n) is 4.22. The van der Waals surface area contributed by atoms with Crippen molar-refractivity contribution in [3.05, 3.63) is 23.7 Å². The molecule has 0 bridgehead atoms. The third kappa shape index (κ3) is 3.42. The zero-order valence-electron chi connectivity index (χ0n) is 15.9. The van der Waals surface area contributed by atoms with Crippen LogP contribution in [0.3, 0.4) is 0 Å². The molecule has 1 aromatic rings. The zero-order chi connectivity index (χ0) is 18.2.